The topological polar surface area (TPSA) is 42.4 Å². The molecule has 0 amide bonds. The molecule has 5 heteroatoms. The summed E-state index contributed by atoms with van der Waals surface area (Å²) in [5, 5.41) is 10.4. The van der Waals surface area contributed by atoms with Crippen LogP contribution in [0.3, 0.4) is 0 Å². The van der Waals surface area contributed by atoms with Gasteiger partial charge in [-0.3, -0.25) is 4.98 Å². The van der Waals surface area contributed by atoms with Crippen molar-refractivity contribution >= 4 is 19.9 Å². The van der Waals surface area contributed by atoms with Crippen molar-refractivity contribution < 1.29 is 9.53 Å². The monoisotopic (exact) mass is 327 g/mol. The number of rotatable bonds is 3. The lowest BCUT2D eigenvalue weighted by Crippen LogP contribution is -2.43. The lowest BCUT2D eigenvalue weighted by atomic mass is 9.85. The van der Waals surface area contributed by atoms with Gasteiger partial charge >= 0.3 is 0 Å². The van der Waals surface area contributed by atoms with E-state index in [2.05, 4.69) is 38.8 Å². The molecule has 0 aliphatic heterocycles. The molecule has 1 aliphatic carbocycles. The van der Waals surface area contributed by atoms with Crippen LogP contribution in [-0.4, -0.2) is 25.0 Å². The van der Waals surface area contributed by atoms with Gasteiger partial charge in [-0.1, -0.05) is 32.4 Å². The number of hydrogen-bond acceptors (Lipinski definition) is 3. The van der Waals surface area contributed by atoms with Crippen LogP contribution in [0.1, 0.15) is 44.6 Å². The molecule has 0 spiro atoms. The van der Waals surface area contributed by atoms with Gasteiger partial charge in [0, 0.05) is 12.8 Å². The first-order valence-electron chi connectivity index (χ1n) is 7.57. The Kier molecular flexibility index (Phi) is 4.83. The summed E-state index contributed by atoms with van der Waals surface area (Å²) in [6, 6.07) is 1.97. The van der Waals surface area contributed by atoms with E-state index in [0.717, 1.165) is 24.1 Å². The van der Waals surface area contributed by atoms with Crippen molar-refractivity contribution in [3.8, 4) is 0 Å². The Hall–Kier alpha value is -0.423. The summed E-state index contributed by atoms with van der Waals surface area (Å²) < 4.78 is 6.56. The Morgan fingerprint density at radius 3 is 2.67 bits per heavy atom. The quantitative estimate of drug-likeness (QED) is 0.839. The first-order valence-corrected chi connectivity index (χ1v) is 10.9. The number of halogens is 1. The fourth-order valence-electron chi connectivity index (χ4n) is 2.53. The molecular weight excluding hydrogens is 302 g/mol. The van der Waals surface area contributed by atoms with Gasteiger partial charge in [0.25, 0.3) is 0 Å². The smallest absolute Gasteiger partial charge is 0.192 e. The van der Waals surface area contributed by atoms with E-state index in [-0.39, 0.29) is 23.7 Å². The van der Waals surface area contributed by atoms with Gasteiger partial charge in [0.1, 0.15) is 0 Å². The van der Waals surface area contributed by atoms with Gasteiger partial charge in [0.15, 0.2) is 8.32 Å². The molecule has 3 nitrogen and oxygen atoms in total. The number of aliphatic hydroxyl groups is 1. The van der Waals surface area contributed by atoms with Crippen LogP contribution in [0.5, 0.6) is 0 Å². The standard InChI is InChI=1S/C16H26ClNO2Si/c1-16(2,3)21(4,5)20-14-7-11(10-19)6-12-8-13(17)9-18-15(12)14/h8-9,11,14,19H,6-7,10H2,1-5H3/t11-,14-/m0/s1. The van der Waals surface area contributed by atoms with Crippen molar-refractivity contribution in [3.63, 3.8) is 0 Å². The van der Waals surface area contributed by atoms with Crippen molar-refractivity contribution in [2.75, 3.05) is 6.61 Å². The number of fused-ring (bicyclic) bond motifs is 1. The van der Waals surface area contributed by atoms with Gasteiger partial charge in [-0.25, -0.2) is 0 Å². The number of nitrogens with zero attached hydrogens (tertiary/aromatic N) is 1. The highest BCUT2D eigenvalue weighted by molar-refractivity contribution is 6.74. The van der Waals surface area contributed by atoms with Crippen molar-refractivity contribution in [2.45, 2.75) is 57.8 Å². The number of pyridine rings is 1. The molecule has 2 atom stereocenters. The van der Waals surface area contributed by atoms with Gasteiger partial charge in [0.2, 0.25) is 0 Å². The largest absolute Gasteiger partial charge is 0.408 e. The highest BCUT2D eigenvalue weighted by atomic mass is 35.5. The van der Waals surface area contributed by atoms with Crippen molar-refractivity contribution in [1.29, 1.82) is 0 Å². The zero-order valence-electron chi connectivity index (χ0n) is 13.6. The molecule has 0 fully saturated rings. The van der Waals surface area contributed by atoms with Crippen LogP contribution in [0, 0.1) is 5.92 Å². The summed E-state index contributed by atoms with van der Waals surface area (Å²) in [4.78, 5) is 4.52. The lowest BCUT2D eigenvalue weighted by Gasteiger charge is -2.41. The summed E-state index contributed by atoms with van der Waals surface area (Å²) in [5.41, 5.74) is 2.13. The van der Waals surface area contributed by atoms with Gasteiger partial charge in [-0.05, 0) is 48.5 Å². The molecule has 0 saturated carbocycles. The average Bonchev–Trinajstić information content (AvgIpc) is 2.36. The van der Waals surface area contributed by atoms with E-state index in [0.29, 0.717) is 5.02 Å². The van der Waals surface area contributed by atoms with E-state index in [1.54, 1.807) is 6.20 Å². The molecule has 0 bridgehead atoms. The molecule has 1 aromatic rings. The van der Waals surface area contributed by atoms with Crippen LogP contribution >= 0.6 is 11.6 Å². The minimum atomic E-state index is -1.87. The van der Waals surface area contributed by atoms with E-state index in [4.69, 9.17) is 16.0 Å². The van der Waals surface area contributed by atoms with Crippen molar-refractivity contribution in [1.82, 2.24) is 4.98 Å². The molecule has 0 unspecified atom stereocenters. The van der Waals surface area contributed by atoms with Crippen LogP contribution in [0.2, 0.25) is 23.2 Å². The van der Waals surface area contributed by atoms with E-state index in [9.17, 15) is 5.11 Å². The molecular formula is C16H26ClNO2Si. The third-order valence-electron chi connectivity index (χ3n) is 4.83. The SMILES string of the molecule is CC(C)(C)[Si](C)(C)O[C@H]1C[C@@H](CO)Cc2cc(Cl)cnc21. The number of hydrogen-bond donors (Lipinski definition) is 1. The molecule has 1 heterocycles. The highest BCUT2D eigenvalue weighted by Gasteiger charge is 2.41. The average molecular weight is 328 g/mol. The fraction of sp³-hybridized carbons (Fsp3) is 0.688. The first-order chi connectivity index (χ1) is 9.64. The van der Waals surface area contributed by atoms with Gasteiger partial charge in [-0.2, -0.15) is 0 Å². The van der Waals surface area contributed by atoms with E-state index >= 15 is 0 Å². The van der Waals surface area contributed by atoms with Crippen LogP contribution in [0.25, 0.3) is 0 Å². The number of aromatic nitrogens is 1. The summed E-state index contributed by atoms with van der Waals surface area (Å²) >= 11 is 6.06. The zero-order chi connectivity index (χ0) is 15.8. The molecule has 1 N–H and O–H groups in total. The Bertz CT molecular complexity index is 513. The van der Waals surface area contributed by atoms with Gasteiger partial charge in [-0.15, -0.1) is 0 Å². The summed E-state index contributed by atoms with van der Waals surface area (Å²) in [5.74, 6) is 0.229. The van der Waals surface area contributed by atoms with Crippen molar-refractivity contribution in [2.24, 2.45) is 5.92 Å². The summed E-state index contributed by atoms with van der Waals surface area (Å²) in [7, 11) is -1.87. The summed E-state index contributed by atoms with van der Waals surface area (Å²) in [6.45, 7) is 11.4. The predicted molar refractivity (Wildman–Crippen MR) is 89.2 cm³/mol. The number of aliphatic hydroxyl groups excluding tert-OH is 1. The Morgan fingerprint density at radius 1 is 1.43 bits per heavy atom. The molecule has 2 rings (SSSR count). The van der Waals surface area contributed by atoms with E-state index < -0.39 is 8.32 Å². The summed E-state index contributed by atoms with van der Waals surface area (Å²) in [6.07, 6.45) is 3.34. The maximum Gasteiger partial charge on any atom is 0.192 e. The molecule has 21 heavy (non-hydrogen) atoms. The van der Waals surface area contributed by atoms with Crippen LogP contribution < -0.4 is 0 Å². The molecule has 118 valence electrons. The Labute approximate surface area is 133 Å². The van der Waals surface area contributed by atoms with Gasteiger partial charge < -0.3 is 9.53 Å². The Morgan fingerprint density at radius 2 is 2.10 bits per heavy atom. The fourth-order valence-corrected chi connectivity index (χ4v) is 3.98. The molecule has 0 saturated heterocycles. The third-order valence-corrected chi connectivity index (χ3v) is 9.52. The normalized spacial score (nSPS) is 23.0. The van der Waals surface area contributed by atoms with E-state index in [1.165, 1.54) is 0 Å². The van der Waals surface area contributed by atoms with E-state index in [1.807, 2.05) is 6.07 Å². The van der Waals surface area contributed by atoms with Crippen LogP contribution in [-0.2, 0) is 10.8 Å². The second-order valence-corrected chi connectivity index (χ2v) is 12.7. The maximum absolute atomic E-state index is 9.56. The maximum atomic E-state index is 9.56. The second-order valence-electron chi connectivity index (χ2n) is 7.55. The lowest BCUT2D eigenvalue weighted by molar-refractivity contribution is 0.107. The Balaban J connectivity index is 2.32. The third kappa shape index (κ3) is 3.67. The predicted octanol–water partition coefficient (Wildman–Crippen LogP) is 4.35. The zero-order valence-corrected chi connectivity index (χ0v) is 15.4. The van der Waals surface area contributed by atoms with Crippen LogP contribution in [0.4, 0.5) is 0 Å². The molecule has 0 aromatic carbocycles. The minimum absolute atomic E-state index is 0.0240. The van der Waals surface area contributed by atoms with Gasteiger partial charge in [0.05, 0.1) is 16.8 Å². The van der Waals surface area contributed by atoms with Crippen LogP contribution in [0.15, 0.2) is 12.3 Å². The molecule has 1 aliphatic rings. The first kappa shape index (κ1) is 16.9. The molecule has 1 aromatic heterocycles. The highest BCUT2D eigenvalue weighted by Crippen LogP contribution is 2.43. The minimum Gasteiger partial charge on any atom is -0.408 e. The van der Waals surface area contributed by atoms with Crippen molar-refractivity contribution in [3.05, 3.63) is 28.5 Å². The second kappa shape index (κ2) is 5.99. The molecule has 0 radical (unpaired) electrons.